The predicted molar refractivity (Wildman–Crippen MR) is 72.3 cm³/mol. The van der Waals surface area contributed by atoms with Crippen LogP contribution in [0, 0.1) is 0 Å². The number of aromatic amines is 1. The molecule has 0 saturated carbocycles. The molecule has 1 heterocycles. The van der Waals surface area contributed by atoms with Crippen LogP contribution in [0.2, 0.25) is 0 Å². The second-order valence-electron chi connectivity index (χ2n) is 4.42. The minimum absolute atomic E-state index is 0.104. The van der Waals surface area contributed by atoms with Crippen LogP contribution in [-0.2, 0) is 27.2 Å². The topological polar surface area (TPSA) is 112 Å². The Balaban J connectivity index is 3.08. The van der Waals surface area contributed by atoms with Crippen molar-refractivity contribution in [2.75, 3.05) is 26.9 Å². The molecular formula is C12H17F3N4O4. The van der Waals surface area contributed by atoms with Crippen LogP contribution in [0.25, 0.3) is 0 Å². The highest BCUT2D eigenvalue weighted by Crippen LogP contribution is 2.15. The molecular weight excluding hydrogens is 321 g/mol. The van der Waals surface area contributed by atoms with Crippen molar-refractivity contribution >= 4 is 5.91 Å². The first-order valence-electron chi connectivity index (χ1n) is 6.54. The summed E-state index contributed by atoms with van der Waals surface area (Å²) in [5, 5.41) is 0. The number of nitrogens with zero attached hydrogens (tertiary/aromatic N) is 2. The van der Waals surface area contributed by atoms with E-state index in [1.807, 2.05) is 0 Å². The number of aromatic nitrogens is 2. The molecule has 0 aliphatic carbocycles. The van der Waals surface area contributed by atoms with Gasteiger partial charge in [-0.05, 0) is 0 Å². The number of ether oxygens (including phenoxy) is 2. The van der Waals surface area contributed by atoms with Crippen molar-refractivity contribution in [3.05, 3.63) is 27.7 Å². The Morgan fingerprint density at radius 2 is 2.13 bits per heavy atom. The van der Waals surface area contributed by atoms with E-state index < -0.39 is 24.6 Å². The maximum atomic E-state index is 12.0. The van der Waals surface area contributed by atoms with E-state index in [1.165, 1.54) is 13.2 Å². The van der Waals surface area contributed by atoms with Crippen molar-refractivity contribution in [1.82, 2.24) is 9.55 Å². The largest absolute Gasteiger partial charge is 0.522 e. The molecule has 11 heteroatoms. The lowest BCUT2D eigenvalue weighted by Crippen LogP contribution is -2.39. The molecule has 8 nitrogen and oxygen atoms in total. The lowest BCUT2D eigenvalue weighted by Gasteiger charge is -2.10. The van der Waals surface area contributed by atoms with Gasteiger partial charge >= 0.3 is 12.1 Å². The number of primary amides is 1. The van der Waals surface area contributed by atoms with Gasteiger partial charge in [-0.15, -0.1) is 13.2 Å². The van der Waals surface area contributed by atoms with Gasteiger partial charge in [0.25, 0.3) is 0 Å². The second-order valence-corrected chi connectivity index (χ2v) is 4.42. The monoisotopic (exact) mass is 338 g/mol. The first-order chi connectivity index (χ1) is 10.7. The fraction of sp³-hybridized carbons (Fsp3) is 0.583. The summed E-state index contributed by atoms with van der Waals surface area (Å²) < 4.78 is 45.5. The van der Waals surface area contributed by atoms with E-state index >= 15 is 0 Å². The van der Waals surface area contributed by atoms with Crippen molar-refractivity contribution in [1.29, 1.82) is 0 Å². The number of nitrogens with one attached hydrogen (secondary N) is 1. The first kappa shape index (κ1) is 18.9. The molecule has 1 aromatic rings. The van der Waals surface area contributed by atoms with Crippen LogP contribution < -0.4 is 16.9 Å². The molecule has 0 saturated heterocycles. The third-order valence-electron chi connectivity index (χ3n) is 2.61. The Kier molecular flexibility index (Phi) is 6.97. The zero-order valence-electron chi connectivity index (χ0n) is 12.4. The van der Waals surface area contributed by atoms with Crippen molar-refractivity contribution in [3.8, 4) is 0 Å². The van der Waals surface area contributed by atoms with Crippen LogP contribution >= 0.6 is 0 Å². The molecule has 1 aromatic heterocycles. The summed E-state index contributed by atoms with van der Waals surface area (Å²) in [5.41, 5.74) is 4.65. The second kappa shape index (κ2) is 8.48. The standard InChI is InChI=1S/C12H17F3N4O4/c1-22-4-2-17-10-7-8(6-9(16)20)18-11(21)19(10)3-5-23-12(13,14)15/h7H,2-6H2,1H3,(H2,16,20)(H,18,21)/b17-10+. The van der Waals surface area contributed by atoms with Crippen molar-refractivity contribution in [2.45, 2.75) is 19.3 Å². The zero-order valence-corrected chi connectivity index (χ0v) is 12.4. The highest BCUT2D eigenvalue weighted by molar-refractivity contribution is 5.75. The molecule has 0 aliphatic rings. The molecule has 0 spiro atoms. The van der Waals surface area contributed by atoms with E-state index in [0.717, 1.165) is 4.57 Å². The number of carbonyl (C=O) groups excluding carboxylic acids is 1. The molecule has 23 heavy (non-hydrogen) atoms. The average Bonchev–Trinajstić information content (AvgIpc) is 2.40. The third kappa shape index (κ3) is 7.10. The quantitative estimate of drug-likeness (QED) is 0.610. The number of alkyl halides is 3. The highest BCUT2D eigenvalue weighted by Gasteiger charge is 2.28. The number of nitrogens with two attached hydrogens (primary N) is 1. The first-order valence-corrected chi connectivity index (χ1v) is 6.54. The Labute approximate surface area is 128 Å². The number of hydrogen-bond acceptors (Lipinski definition) is 5. The molecule has 1 amide bonds. The molecule has 0 aromatic carbocycles. The van der Waals surface area contributed by atoms with Gasteiger partial charge in [-0.25, -0.2) is 4.79 Å². The van der Waals surface area contributed by atoms with E-state index in [2.05, 4.69) is 14.7 Å². The van der Waals surface area contributed by atoms with Gasteiger partial charge in [0.1, 0.15) is 5.49 Å². The Morgan fingerprint density at radius 3 is 2.70 bits per heavy atom. The molecule has 130 valence electrons. The van der Waals surface area contributed by atoms with Crippen LogP contribution in [0.5, 0.6) is 0 Å². The number of amides is 1. The maximum Gasteiger partial charge on any atom is 0.522 e. The smallest absolute Gasteiger partial charge is 0.383 e. The molecule has 0 aliphatic heterocycles. The highest BCUT2D eigenvalue weighted by atomic mass is 19.4. The van der Waals surface area contributed by atoms with Gasteiger partial charge in [0.15, 0.2) is 0 Å². The summed E-state index contributed by atoms with van der Waals surface area (Å²) in [6.45, 7) is -0.663. The van der Waals surface area contributed by atoms with Crippen molar-refractivity contribution in [3.63, 3.8) is 0 Å². The van der Waals surface area contributed by atoms with Crippen LogP contribution in [0.4, 0.5) is 13.2 Å². The van der Waals surface area contributed by atoms with Gasteiger partial charge in [-0.1, -0.05) is 0 Å². The Bertz CT molecular complexity index is 651. The molecule has 1 rings (SSSR count). The van der Waals surface area contributed by atoms with Gasteiger partial charge < -0.3 is 15.5 Å². The number of H-pyrrole nitrogens is 1. The number of methoxy groups -OCH3 is 1. The van der Waals surface area contributed by atoms with Crippen LogP contribution in [0.1, 0.15) is 5.69 Å². The zero-order chi connectivity index (χ0) is 17.5. The minimum Gasteiger partial charge on any atom is -0.383 e. The molecule has 0 atom stereocenters. The molecule has 3 N–H and O–H groups in total. The van der Waals surface area contributed by atoms with Gasteiger partial charge in [0.05, 0.1) is 32.7 Å². The van der Waals surface area contributed by atoms with E-state index in [4.69, 9.17) is 10.5 Å². The van der Waals surface area contributed by atoms with Crippen molar-refractivity contribution < 1.29 is 27.4 Å². The third-order valence-corrected chi connectivity index (χ3v) is 2.61. The van der Waals surface area contributed by atoms with E-state index in [9.17, 15) is 22.8 Å². The fourth-order valence-corrected chi connectivity index (χ4v) is 1.71. The summed E-state index contributed by atoms with van der Waals surface area (Å²) in [5.74, 6) is -0.665. The van der Waals surface area contributed by atoms with Crippen LogP contribution in [0.3, 0.4) is 0 Å². The summed E-state index contributed by atoms with van der Waals surface area (Å²) in [4.78, 5) is 29.3. The van der Waals surface area contributed by atoms with E-state index in [1.54, 1.807) is 0 Å². The summed E-state index contributed by atoms with van der Waals surface area (Å²) in [6.07, 6.45) is -5.01. The molecule has 0 bridgehead atoms. The lowest BCUT2D eigenvalue weighted by molar-refractivity contribution is -0.325. The molecule has 0 radical (unpaired) electrons. The number of hydrogen-bond donors (Lipinski definition) is 2. The summed E-state index contributed by atoms with van der Waals surface area (Å²) >= 11 is 0. The molecule has 0 unspecified atom stereocenters. The number of halogens is 3. The van der Waals surface area contributed by atoms with Gasteiger partial charge in [-0.3, -0.25) is 19.1 Å². The Morgan fingerprint density at radius 1 is 1.43 bits per heavy atom. The summed E-state index contributed by atoms with van der Waals surface area (Å²) in [7, 11) is 1.46. The average molecular weight is 338 g/mol. The van der Waals surface area contributed by atoms with Crippen LogP contribution in [0.15, 0.2) is 15.9 Å². The van der Waals surface area contributed by atoms with E-state index in [0.29, 0.717) is 0 Å². The number of rotatable bonds is 8. The fourth-order valence-electron chi connectivity index (χ4n) is 1.71. The Hall–Kier alpha value is -2.14. The SMILES string of the molecule is COCC/N=c1\cc(CC(N)=O)[nH]c(=O)n1CCOC(F)(F)F. The van der Waals surface area contributed by atoms with Gasteiger partial charge in [-0.2, -0.15) is 0 Å². The van der Waals surface area contributed by atoms with Gasteiger partial charge in [0.2, 0.25) is 5.91 Å². The van der Waals surface area contributed by atoms with Crippen molar-refractivity contribution in [2.24, 2.45) is 10.7 Å². The normalized spacial score (nSPS) is 12.6. The lowest BCUT2D eigenvalue weighted by atomic mass is 10.3. The maximum absolute atomic E-state index is 12.0. The predicted octanol–water partition coefficient (Wildman–Crippen LogP) is -0.712. The summed E-state index contributed by atoms with van der Waals surface area (Å²) in [6, 6.07) is 1.37. The van der Waals surface area contributed by atoms with Crippen LogP contribution in [-0.4, -0.2) is 48.7 Å². The number of carbonyl (C=O) groups is 1. The molecule has 0 fully saturated rings. The minimum atomic E-state index is -4.79. The van der Waals surface area contributed by atoms with E-state index in [-0.39, 0.29) is 37.3 Å². The van der Waals surface area contributed by atoms with Gasteiger partial charge in [0, 0.05) is 18.9 Å².